The Labute approximate surface area is 124 Å². The fraction of sp³-hybridized carbons (Fsp3) is 0.273. The minimum Gasteiger partial charge on any atom is -0.494 e. The quantitative estimate of drug-likeness (QED) is 0.316. The molecule has 1 aromatic carbocycles. The van der Waals surface area contributed by atoms with Crippen molar-refractivity contribution in [2.24, 2.45) is 16.5 Å². The summed E-state index contributed by atoms with van der Waals surface area (Å²) < 4.78 is 6.73. The van der Waals surface area contributed by atoms with E-state index in [-0.39, 0.29) is 11.1 Å². The number of aliphatic imine (C=N–C) groups is 1. The Bertz CT molecular complexity index is 418. The lowest BCUT2D eigenvalue weighted by Crippen LogP contribution is -2.23. The Balaban J connectivity index is 2.14. The molecule has 0 fully saturated rings. The van der Waals surface area contributed by atoms with E-state index in [4.69, 9.17) is 21.6 Å². The molecule has 7 heteroatoms. The molecular formula is C11H15IN4OS. The molecule has 1 rings (SSSR count). The Morgan fingerprint density at radius 2 is 2.00 bits per heavy atom. The highest BCUT2D eigenvalue weighted by Crippen LogP contribution is 2.14. The number of nitrogens with one attached hydrogen (secondary N) is 1. The Kier molecular flexibility index (Phi) is 6.88. The van der Waals surface area contributed by atoms with Gasteiger partial charge in [-0.15, -0.1) is 0 Å². The number of hydrogen-bond donors (Lipinski definition) is 3. The van der Waals surface area contributed by atoms with Crippen LogP contribution in [0.3, 0.4) is 0 Å². The summed E-state index contributed by atoms with van der Waals surface area (Å²) in [6.07, 6.45) is 0.832. The molecule has 0 spiro atoms. The van der Waals surface area contributed by atoms with Crippen molar-refractivity contribution in [1.82, 2.24) is 0 Å². The minimum absolute atomic E-state index is 0.0809. The summed E-state index contributed by atoms with van der Waals surface area (Å²) in [6.45, 7) is 0.614. The number of hydrogen-bond acceptors (Lipinski definition) is 3. The third-order valence-corrected chi connectivity index (χ3v) is 3.42. The number of rotatable bonds is 5. The smallest absolute Gasteiger partial charge is 0.193 e. The summed E-state index contributed by atoms with van der Waals surface area (Å²) in [7, 11) is 0. The molecule has 0 saturated heterocycles. The molecule has 5 nitrogen and oxygen atoms in total. The van der Waals surface area contributed by atoms with E-state index >= 15 is 0 Å². The monoisotopic (exact) mass is 378 g/mol. The first kappa shape index (κ1) is 15.1. The molecule has 0 saturated carbocycles. The first-order valence-electron chi connectivity index (χ1n) is 5.27. The molecule has 1 aromatic rings. The standard InChI is InChI=1S/C11H15IN4OS/c12-8-2-4-9(5-3-8)17-6-1-7-18-11(15)16-10(13)14/h2-5H,1,6-7H2,(H5,13,14,15,16). The number of nitrogens with two attached hydrogens (primary N) is 2. The Morgan fingerprint density at radius 1 is 1.33 bits per heavy atom. The van der Waals surface area contributed by atoms with Crippen molar-refractivity contribution in [2.45, 2.75) is 6.42 Å². The molecule has 0 bridgehead atoms. The van der Waals surface area contributed by atoms with Crippen molar-refractivity contribution in [3.05, 3.63) is 27.8 Å². The molecular weight excluding hydrogens is 363 g/mol. The summed E-state index contributed by atoms with van der Waals surface area (Å²) in [5, 5.41) is 7.54. The van der Waals surface area contributed by atoms with Crippen LogP contribution in [0.1, 0.15) is 6.42 Å². The zero-order valence-electron chi connectivity index (χ0n) is 9.73. The third-order valence-electron chi connectivity index (χ3n) is 1.84. The normalized spacial score (nSPS) is 9.83. The molecule has 5 N–H and O–H groups in total. The maximum atomic E-state index is 7.42. The van der Waals surface area contributed by atoms with Crippen molar-refractivity contribution in [3.63, 3.8) is 0 Å². The van der Waals surface area contributed by atoms with Gasteiger partial charge in [-0.3, -0.25) is 5.41 Å². The van der Waals surface area contributed by atoms with Crippen molar-refractivity contribution >= 4 is 45.5 Å². The van der Waals surface area contributed by atoms with E-state index in [9.17, 15) is 0 Å². The van der Waals surface area contributed by atoms with E-state index in [0.717, 1.165) is 17.9 Å². The highest BCUT2D eigenvalue weighted by atomic mass is 127. The topological polar surface area (TPSA) is 97.5 Å². The number of benzene rings is 1. The summed E-state index contributed by atoms with van der Waals surface area (Å²) in [6, 6.07) is 7.88. The molecule has 18 heavy (non-hydrogen) atoms. The number of thioether (sulfide) groups is 1. The fourth-order valence-corrected chi connectivity index (χ4v) is 2.08. The van der Waals surface area contributed by atoms with Crippen LogP contribution in [0, 0.1) is 8.98 Å². The molecule has 0 amide bonds. The van der Waals surface area contributed by atoms with Gasteiger partial charge >= 0.3 is 0 Å². The molecule has 0 aliphatic rings. The molecule has 0 radical (unpaired) electrons. The van der Waals surface area contributed by atoms with Gasteiger partial charge in [0.2, 0.25) is 0 Å². The maximum Gasteiger partial charge on any atom is 0.193 e. The van der Waals surface area contributed by atoms with Crippen LogP contribution in [0.2, 0.25) is 0 Å². The maximum absolute atomic E-state index is 7.42. The zero-order valence-corrected chi connectivity index (χ0v) is 12.7. The summed E-state index contributed by atoms with van der Waals surface area (Å²) in [5.41, 5.74) is 10.3. The van der Waals surface area contributed by atoms with E-state index in [1.807, 2.05) is 24.3 Å². The van der Waals surface area contributed by atoms with Gasteiger partial charge < -0.3 is 16.2 Å². The molecule has 0 aliphatic heterocycles. The zero-order chi connectivity index (χ0) is 13.4. The van der Waals surface area contributed by atoms with Gasteiger partial charge in [0.1, 0.15) is 5.75 Å². The number of guanidine groups is 1. The SMILES string of the molecule is N=C(N=C(N)N)SCCCOc1ccc(I)cc1. The van der Waals surface area contributed by atoms with Gasteiger partial charge in [-0.25, -0.2) is 0 Å². The lowest BCUT2D eigenvalue weighted by molar-refractivity contribution is 0.319. The van der Waals surface area contributed by atoms with Gasteiger partial charge in [0.15, 0.2) is 11.1 Å². The van der Waals surface area contributed by atoms with E-state index < -0.39 is 0 Å². The molecule has 0 unspecified atom stereocenters. The molecule has 0 aromatic heterocycles. The van der Waals surface area contributed by atoms with Gasteiger partial charge in [0.25, 0.3) is 0 Å². The summed E-state index contributed by atoms with van der Waals surface area (Å²) >= 11 is 3.55. The number of halogens is 1. The van der Waals surface area contributed by atoms with Crippen LogP contribution in [0.15, 0.2) is 29.3 Å². The third kappa shape index (κ3) is 6.70. The fourth-order valence-electron chi connectivity index (χ4n) is 1.10. The summed E-state index contributed by atoms with van der Waals surface area (Å²) in [4.78, 5) is 3.62. The van der Waals surface area contributed by atoms with Crippen LogP contribution < -0.4 is 16.2 Å². The molecule has 98 valence electrons. The predicted molar refractivity (Wildman–Crippen MR) is 85.3 cm³/mol. The van der Waals surface area contributed by atoms with Crippen LogP contribution in [0.5, 0.6) is 5.75 Å². The lowest BCUT2D eigenvalue weighted by Gasteiger charge is -2.05. The second-order valence-corrected chi connectivity index (χ2v) is 5.68. The van der Waals surface area contributed by atoms with Crippen molar-refractivity contribution in [1.29, 1.82) is 5.41 Å². The lowest BCUT2D eigenvalue weighted by atomic mass is 10.3. The molecule has 0 aliphatic carbocycles. The molecule has 0 heterocycles. The van der Waals surface area contributed by atoms with E-state index in [1.165, 1.54) is 15.3 Å². The second kappa shape index (κ2) is 8.20. The van der Waals surface area contributed by atoms with E-state index in [2.05, 4.69) is 27.6 Å². The average molecular weight is 378 g/mol. The van der Waals surface area contributed by atoms with Crippen LogP contribution in [-0.2, 0) is 0 Å². The number of nitrogens with zero attached hydrogens (tertiary/aromatic N) is 1. The van der Waals surface area contributed by atoms with Crippen molar-refractivity contribution in [3.8, 4) is 5.75 Å². The highest BCUT2D eigenvalue weighted by Gasteiger charge is 1.97. The van der Waals surface area contributed by atoms with E-state index in [0.29, 0.717) is 6.61 Å². The van der Waals surface area contributed by atoms with Gasteiger partial charge in [-0.05, 0) is 53.3 Å². The van der Waals surface area contributed by atoms with Crippen molar-refractivity contribution < 1.29 is 4.74 Å². The van der Waals surface area contributed by atoms with Crippen LogP contribution in [-0.4, -0.2) is 23.5 Å². The first-order valence-corrected chi connectivity index (χ1v) is 7.33. The van der Waals surface area contributed by atoms with Gasteiger partial charge in [0, 0.05) is 9.32 Å². The van der Waals surface area contributed by atoms with E-state index in [1.54, 1.807) is 0 Å². The van der Waals surface area contributed by atoms with Gasteiger partial charge in [0.05, 0.1) is 6.61 Å². The Hall–Kier alpha value is -0.960. The van der Waals surface area contributed by atoms with Gasteiger partial charge in [-0.2, -0.15) is 4.99 Å². The average Bonchev–Trinajstić information content (AvgIpc) is 2.30. The van der Waals surface area contributed by atoms with Crippen molar-refractivity contribution in [2.75, 3.05) is 12.4 Å². The highest BCUT2D eigenvalue weighted by molar-refractivity contribution is 14.1. The summed E-state index contributed by atoms with van der Waals surface area (Å²) in [5.74, 6) is 1.53. The number of amidine groups is 1. The van der Waals surface area contributed by atoms with Crippen LogP contribution in [0.4, 0.5) is 0 Å². The molecule has 0 atom stereocenters. The minimum atomic E-state index is -0.0809. The van der Waals surface area contributed by atoms with Crippen LogP contribution in [0.25, 0.3) is 0 Å². The Morgan fingerprint density at radius 3 is 2.61 bits per heavy atom. The second-order valence-electron chi connectivity index (χ2n) is 3.35. The van der Waals surface area contributed by atoms with Gasteiger partial charge in [-0.1, -0.05) is 11.8 Å². The largest absolute Gasteiger partial charge is 0.494 e. The van der Waals surface area contributed by atoms with Crippen LogP contribution >= 0.6 is 34.4 Å². The number of ether oxygens (including phenoxy) is 1. The first-order chi connectivity index (χ1) is 8.58. The predicted octanol–water partition coefficient (Wildman–Crippen LogP) is 2.00.